The van der Waals surface area contributed by atoms with Crippen LogP contribution in [0.1, 0.15) is 41.5 Å². The highest BCUT2D eigenvalue weighted by atomic mass is 14.1. The Morgan fingerprint density at radius 3 is 2.00 bits per heavy atom. The molecule has 0 radical (unpaired) electrons. The maximum Gasteiger partial charge on any atom is -0.0299 e. The van der Waals surface area contributed by atoms with Crippen molar-refractivity contribution in [2.24, 2.45) is 5.41 Å². The molecule has 66 valence electrons. The van der Waals surface area contributed by atoms with E-state index in [9.17, 15) is 0 Å². The molecule has 0 heteroatoms. The van der Waals surface area contributed by atoms with Gasteiger partial charge in [-0.15, -0.1) is 0 Å². The molecule has 0 atom stereocenters. The van der Waals surface area contributed by atoms with Crippen molar-refractivity contribution in [3.63, 3.8) is 0 Å². The predicted molar refractivity (Wildman–Crippen MR) is 54.8 cm³/mol. The van der Waals surface area contributed by atoms with Crippen molar-refractivity contribution in [3.05, 3.63) is 24.3 Å². The molecule has 0 spiro atoms. The molecule has 0 heterocycles. The normalized spacial score (nSPS) is 12.4. The highest BCUT2D eigenvalue weighted by Crippen LogP contribution is 2.18. The zero-order chi connectivity index (χ0) is 8.04. The molecular formula is C11H22. The number of rotatable bonds is 2. The summed E-state index contributed by atoms with van der Waals surface area (Å²) in [6.07, 6.45) is 9.56. The van der Waals surface area contributed by atoms with Crippen LogP contribution >= 0.6 is 0 Å². The van der Waals surface area contributed by atoms with Crippen molar-refractivity contribution in [1.29, 1.82) is 0 Å². The predicted octanol–water partition coefficient (Wildman–Crippen LogP) is 4.19. The molecule has 0 nitrogen and oxygen atoms in total. The zero-order valence-electron chi connectivity index (χ0n) is 7.52. The first-order valence-electron chi connectivity index (χ1n) is 3.84. The van der Waals surface area contributed by atoms with Crippen LogP contribution in [0.3, 0.4) is 0 Å². The zero-order valence-corrected chi connectivity index (χ0v) is 7.52. The molecule has 11 heavy (non-hydrogen) atoms. The highest BCUT2D eigenvalue weighted by Gasteiger charge is 2.05. The first-order valence-corrected chi connectivity index (χ1v) is 3.84. The summed E-state index contributed by atoms with van der Waals surface area (Å²) in [5.41, 5.74) is 0.429. The third-order valence-electron chi connectivity index (χ3n) is 1.17. The molecule has 0 unspecified atom stereocenters. The number of hydrogen-bond acceptors (Lipinski definition) is 0. The quantitative estimate of drug-likeness (QED) is 0.523. The van der Waals surface area contributed by atoms with E-state index in [-0.39, 0.29) is 7.43 Å². The van der Waals surface area contributed by atoms with Crippen LogP contribution in [0.25, 0.3) is 0 Å². The summed E-state index contributed by atoms with van der Waals surface area (Å²) in [5, 5.41) is 0. The van der Waals surface area contributed by atoms with Gasteiger partial charge in [-0.25, -0.2) is 0 Å². The van der Waals surface area contributed by atoms with E-state index in [1.807, 2.05) is 13.0 Å². The molecule has 0 aliphatic rings. The third kappa shape index (κ3) is 12.6. The molecule has 0 saturated carbocycles. The van der Waals surface area contributed by atoms with Crippen LogP contribution in [-0.4, -0.2) is 0 Å². The Kier molecular flexibility index (Phi) is 7.39. The van der Waals surface area contributed by atoms with E-state index in [2.05, 4.69) is 39.0 Å². The highest BCUT2D eigenvalue weighted by molar-refractivity contribution is 5.01. The first-order chi connectivity index (χ1) is 4.56. The van der Waals surface area contributed by atoms with E-state index >= 15 is 0 Å². The van der Waals surface area contributed by atoms with E-state index < -0.39 is 0 Å². The average Bonchev–Trinajstić information content (AvgIpc) is 1.78. The Bertz CT molecular complexity index is 121. The van der Waals surface area contributed by atoms with E-state index in [0.717, 1.165) is 6.42 Å². The maximum absolute atomic E-state index is 2.24. The largest absolute Gasteiger partial charge is 0.0877 e. The summed E-state index contributed by atoms with van der Waals surface area (Å²) in [4.78, 5) is 0. The Labute approximate surface area is 72.0 Å². The fourth-order valence-electron chi connectivity index (χ4n) is 0.611. The molecule has 0 aromatic rings. The van der Waals surface area contributed by atoms with Crippen molar-refractivity contribution in [2.45, 2.75) is 41.5 Å². The van der Waals surface area contributed by atoms with Gasteiger partial charge in [0.1, 0.15) is 0 Å². The van der Waals surface area contributed by atoms with Crippen molar-refractivity contribution in [3.8, 4) is 0 Å². The summed E-state index contributed by atoms with van der Waals surface area (Å²) in [6.45, 7) is 8.76. The molecule has 0 aliphatic carbocycles. The second-order valence-corrected chi connectivity index (χ2v) is 3.72. The minimum Gasteiger partial charge on any atom is -0.0877 e. The molecule has 0 aromatic heterocycles. The Morgan fingerprint density at radius 2 is 1.64 bits per heavy atom. The van der Waals surface area contributed by atoms with Crippen LogP contribution in [0, 0.1) is 5.41 Å². The van der Waals surface area contributed by atoms with Gasteiger partial charge in [-0.05, 0) is 18.8 Å². The Hall–Kier alpha value is -0.520. The molecule has 0 fully saturated rings. The fraction of sp³-hybridized carbons (Fsp3) is 0.636. The van der Waals surface area contributed by atoms with Crippen molar-refractivity contribution in [2.75, 3.05) is 0 Å². The van der Waals surface area contributed by atoms with Gasteiger partial charge in [0.25, 0.3) is 0 Å². The van der Waals surface area contributed by atoms with Gasteiger partial charge in [0.2, 0.25) is 0 Å². The molecule has 0 N–H and O–H groups in total. The molecule has 0 saturated heterocycles. The van der Waals surface area contributed by atoms with Crippen LogP contribution < -0.4 is 0 Å². The summed E-state index contributed by atoms with van der Waals surface area (Å²) in [5.74, 6) is 0. The second-order valence-electron chi connectivity index (χ2n) is 3.72. The lowest BCUT2D eigenvalue weighted by molar-refractivity contribution is 0.420. The molecule has 0 bridgehead atoms. The van der Waals surface area contributed by atoms with E-state index in [1.165, 1.54) is 0 Å². The monoisotopic (exact) mass is 154 g/mol. The van der Waals surface area contributed by atoms with Gasteiger partial charge in [-0.3, -0.25) is 0 Å². The van der Waals surface area contributed by atoms with Crippen LogP contribution in [0.4, 0.5) is 0 Å². The van der Waals surface area contributed by atoms with Gasteiger partial charge >= 0.3 is 0 Å². The van der Waals surface area contributed by atoms with Crippen molar-refractivity contribution < 1.29 is 0 Å². The smallest absolute Gasteiger partial charge is 0.0299 e. The second kappa shape index (κ2) is 6.21. The standard InChI is InChI=1S/C10H18.CH4/c1-5-6-7-8-9-10(2,3)4;/h5-8H,9H2,1-4H3;1H4/b6-5-,8-7-;. The average molecular weight is 154 g/mol. The maximum atomic E-state index is 2.24. The summed E-state index contributed by atoms with van der Waals surface area (Å²) < 4.78 is 0. The molecule has 0 amide bonds. The topological polar surface area (TPSA) is 0 Å². The van der Waals surface area contributed by atoms with Crippen molar-refractivity contribution in [1.82, 2.24) is 0 Å². The van der Waals surface area contributed by atoms with Gasteiger partial charge in [0.15, 0.2) is 0 Å². The van der Waals surface area contributed by atoms with Gasteiger partial charge < -0.3 is 0 Å². The lowest BCUT2D eigenvalue weighted by atomic mass is 9.92. The minimum absolute atomic E-state index is 0. The molecule has 0 aromatic carbocycles. The van der Waals surface area contributed by atoms with Crippen molar-refractivity contribution >= 4 is 0 Å². The molecular weight excluding hydrogens is 132 g/mol. The third-order valence-corrected chi connectivity index (χ3v) is 1.17. The molecule has 0 rings (SSSR count). The van der Waals surface area contributed by atoms with Crippen LogP contribution in [0.5, 0.6) is 0 Å². The van der Waals surface area contributed by atoms with Gasteiger partial charge in [0.05, 0.1) is 0 Å². The Morgan fingerprint density at radius 1 is 1.09 bits per heavy atom. The van der Waals surface area contributed by atoms with Gasteiger partial charge in [-0.1, -0.05) is 52.5 Å². The summed E-state index contributed by atoms with van der Waals surface area (Å²) >= 11 is 0. The van der Waals surface area contributed by atoms with Crippen LogP contribution in [0.15, 0.2) is 24.3 Å². The van der Waals surface area contributed by atoms with E-state index in [1.54, 1.807) is 0 Å². The van der Waals surface area contributed by atoms with Crippen LogP contribution in [-0.2, 0) is 0 Å². The fourth-order valence-corrected chi connectivity index (χ4v) is 0.611. The van der Waals surface area contributed by atoms with Gasteiger partial charge in [-0.2, -0.15) is 0 Å². The minimum atomic E-state index is 0. The first kappa shape index (κ1) is 13.1. The molecule has 0 aliphatic heterocycles. The Balaban J connectivity index is 0. The van der Waals surface area contributed by atoms with E-state index in [4.69, 9.17) is 0 Å². The van der Waals surface area contributed by atoms with Gasteiger partial charge in [0, 0.05) is 0 Å². The summed E-state index contributed by atoms with van der Waals surface area (Å²) in [7, 11) is 0. The summed E-state index contributed by atoms with van der Waals surface area (Å²) in [6, 6.07) is 0. The SMILES string of the molecule is C.C/C=C\C=C/CC(C)(C)C. The van der Waals surface area contributed by atoms with Crippen LogP contribution in [0.2, 0.25) is 0 Å². The lowest BCUT2D eigenvalue weighted by Crippen LogP contribution is -2.01. The number of hydrogen-bond donors (Lipinski definition) is 0. The number of allylic oxidation sites excluding steroid dienone is 4. The van der Waals surface area contributed by atoms with E-state index in [0.29, 0.717) is 5.41 Å². The lowest BCUT2D eigenvalue weighted by Gasteiger charge is -2.13.